The average molecular weight is 406 g/mol. The molecule has 0 bridgehead atoms. The van der Waals surface area contributed by atoms with Crippen LogP contribution in [0.4, 0.5) is 0 Å². The standard InChI is InChI=1S/C22H16ClN3O3/c1-28-17-8-6-14-10-15(22(23)26-20(14)11-17)13-29-21(27)9-7-16-12-24-18-4-2-3-5-19(18)25-16/h2-12H,13H2,1H3/b9-7-. The van der Waals surface area contributed by atoms with Gasteiger partial charge in [-0.05, 0) is 36.4 Å². The van der Waals surface area contributed by atoms with Crippen molar-refractivity contribution in [1.82, 2.24) is 15.0 Å². The number of aromatic nitrogens is 3. The molecule has 4 rings (SSSR count). The molecular formula is C22H16ClN3O3. The number of methoxy groups -OCH3 is 1. The molecule has 2 aromatic heterocycles. The highest BCUT2D eigenvalue weighted by Gasteiger charge is 2.08. The highest BCUT2D eigenvalue weighted by atomic mass is 35.5. The van der Waals surface area contributed by atoms with Gasteiger partial charge in [-0.25, -0.2) is 14.8 Å². The van der Waals surface area contributed by atoms with Crippen LogP contribution in [0.15, 0.2) is 60.8 Å². The fourth-order valence-corrected chi connectivity index (χ4v) is 3.00. The quantitative estimate of drug-likeness (QED) is 0.274. The Bertz CT molecular complexity index is 1240. The van der Waals surface area contributed by atoms with E-state index in [1.165, 1.54) is 6.08 Å². The van der Waals surface area contributed by atoms with Crippen LogP contribution in [0, 0.1) is 0 Å². The summed E-state index contributed by atoms with van der Waals surface area (Å²) < 4.78 is 10.5. The topological polar surface area (TPSA) is 74.2 Å². The number of fused-ring (bicyclic) bond motifs is 2. The SMILES string of the molecule is COc1ccc2cc(COC(=O)/C=C\c3cnc4ccccc4n3)c(Cl)nc2c1. The summed E-state index contributed by atoms with van der Waals surface area (Å²) >= 11 is 6.23. The summed E-state index contributed by atoms with van der Waals surface area (Å²) in [5, 5.41) is 1.16. The molecule has 0 saturated heterocycles. The molecule has 29 heavy (non-hydrogen) atoms. The lowest BCUT2D eigenvalue weighted by molar-refractivity contribution is -0.138. The molecule has 0 unspecified atom stereocenters. The lowest BCUT2D eigenvalue weighted by Gasteiger charge is -2.07. The number of rotatable bonds is 5. The van der Waals surface area contributed by atoms with Crippen molar-refractivity contribution >= 4 is 45.6 Å². The van der Waals surface area contributed by atoms with E-state index in [1.54, 1.807) is 25.4 Å². The van der Waals surface area contributed by atoms with Crippen molar-refractivity contribution in [2.45, 2.75) is 6.61 Å². The van der Waals surface area contributed by atoms with Crippen molar-refractivity contribution in [1.29, 1.82) is 0 Å². The minimum atomic E-state index is -0.508. The van der Waals surface area contributed by atoms with Gasteiger partial charge in [-0.3, -0.25) is 4.98 Å². The first-order valence-electron chi connectivity index (χ1n) is 8.82. The number of hydrogen-bond donors (Lipinski definition) is 0. The van der Waals surface area contributed by atoms with Crippen molar-refractivity contribution in [3.8, 4) is 5.75 Å². The number of nitrogens with zero attached hydrogens (tertiary/aromatic N) is 3. The molecule has 0 saturated carbocycles. The summed E-state index contributed by atoms with van der Waals surface area (Å²) in [5.41, 5.74) is 3.45. The second-order valence-electron chi connectivity index (χ2n) is 6.22. The highest BCUT2D eigenvalue weighted by Crippen LogP contribution is 2.24. The molecule has 0 radical (unpaired) electrons. The number of esters is 1. The Balaban J connectivity index is 1.44. The molecule has 0 fully saturated rings. The Morgan fingerprint density at radius 2 is 1.90 bits per heavy atom. The molecular weight excluding hydrogens is 390 g/mol. The third-order valence-corrected chi connectivity index (χ3v) is 4.61. The van der Waals surface area contributed by atoms with E-state index in [1.807, 2.05) is 42.5 Å². The van der Waals surface area contributed by atoms with Crippen LogP contribution in [-0.2, 0) is 16.1 Å². The van der Waals surface area contributed by atoms with Crippen LogP contribution in [0.1, 0.15) is 11.3 Å². The summed E-state index contributed by atoms with van der Waals surface area (Å²) in [6.07, 6.45) is 4.48. The van der Waals surface area contributed by atoms with E-state index < -0.39 is 5.97 Å². The normalized spacial score (nSPS) is 11.2. The Labute approximate surface area is 171 Å². The van der Waals surface area contributed by atoms with Crippen LogP contribution in [0.2, 0.25) is 5.15 Å². The van der Waals surface area contributed by atoms with Gasteiger partial charge in [0.25, 0.3) is 0 Å². The first-order valence-corrected chi connectivity index (χ1v) is 9.20. The molecule has 0 spiro atoms. The lowest BCUT2D eigenvalue weighted by atomic mass is 10.1. The van der Waals surface area contributed by atoms with Gasteiger partial charge in [0.2, 0.25) is 0 Å². The number of benzene rings is 2. The molecule has 2 aromatic carbocycles. The Hall–Kier alpha value is -3.51. The van der Waals surface area contributed by atoms with Gasteiger partial charge in [-0.2, -0.15) is 0 Å². The first-order chi connectivity index (χ1) is 14.1. The van der Waals surface area contributed by atoms with Crippen molar-refractivity contribution in [3.05, 3.63) is 77.2 Å². The van der Waals surface area contributed by atoms with Crippen molar-refractivity contribution < 1.29 is 14.3 Å². The van der Waals surface area contributed by atoms with Gasteiger partial charge in [-0.1, -0.05) is 23.7 Å². The van der Waals surface area contributed by atoms with E-state index in [4.69, 9.17) is 21.1 Å². The number of pyridine rings is 1. The van der Waals surface area contributed by atoms with Crippen molar-refractivity contribution in [2.24, 2.45) is 0 Å². The molecule has 2 heterocycles. The molecule has 0 amide bonds. The minimum absolute atomic E-state index is 0.0143. The summed E-state index contributed by atoms with van der Waals surface area (Å²) in [4.78, 5) is 25.2. The first kappa shape index (κ1) is 18.8. The summed E-state index contributed by atoms with van der Waals surface area (Å²) in [6.45, 7) is 0.0143. The van der Waals surface area contributed by atoms with Gasteiger partial charge in [-0.15, -0.1) is 0 Å². The predicted molar refractivity (Wildman–Crippen MR) is 112 cm³/mol. The van der Waals surface area contributed by atoms with Gasteiger partial charge in [0.1, 0.15) is 17.5 Å². The van der Waals surface area contributed by atoms with E-state index in [0.29, 0.717) is 22.5 Å². The van der Waals surface area contributed by atoms with E-state index in [9.17, 15) is 4.79 Å². The molecule has 7 heteroatoms. The van der Waals surface area contributed by atoms with Crippen molar-refractivity contribution in [3.63, 3.8) is 0 Å². The average Bonchev–Trinajstić information content (AvgIpc) is 2.75. The van der Waals surface area contributed by atoms with Crippen LogP contribution in [0.3, 0.4) is 0 Å². The Kier molecular flexibility index (Phi) is 5.35. The number of para-hydroxylation sites is 2. The number of carbonyl (C=O) groups excluding carboxylic acids is 1. The molecule has 0 aliphatic rings. The smallest absolute Gasteiger partial charge is 0.331 e. The van der Waals surface area contributed by atoms with E-state index in [0.717, 1.165) is 16.4 Å². The lowest BCUT2D eigenvalue weighted by Crippen LogP contribution is -2.02. The maximum atomic E-state index is 12.1. The molecule has 144 valence electrons. The second-order valence-corrected chi connectivity index (χ2v) is 6.58. The zero-order valence-corrected chi connectivity index (χ0v) is 16.3. The largest absolute Gasteiger partial charge is 0.497 e. The number of carbonyl (C=O) groups is 1. The van der Waals surface area contributed by atoms with Gasteiger partial charge in [0.05, 0.1) is 35.6 Å². The molecule has 0 aliphatic carbocycles. The highest BCUT2D eigenvalue weighted by molar-refractivity contribution is 6.30. The third kappa shape index (κ3) is 4.33. The predicted octanol–water partition coefficient (Wildman–Crippen LogP) is 4.60. The van der Waals surface area contributed by atoms with Crippen molar-refractivity contribution in [2.75, 3.05) is 7.11 Å². The maximum Gasteiger partial charge on any atom is 0.331 e. The van der Waals surface area contributed by atoms with E-state index >= 15 is 0 Å². The Morgan fingerprint density at radius 1 is 1.07 bits per heavy atom. The molecule has 0 aliphatic heterocycles. The van der Waals surface area contributed by atoms with E-state index in [2.05, 4.69) is 15.0 Å². The van der Waals surface area contributed by atoms with Crippen LogP contribution >= 0.6 is 11.6 Å². The second kappa shape index (κ2) is 8.24. The number of ether oxygens (including phenoxy) is 2. The van der Waals surface area contributed by atoms with Gasteiger partial charge >= 0.3 is 5.97 Å². The molecule has 0 N–H and O–H groups in total. The number of halogens is 1. The fraction of sp³-hybridized carbons (Fsp3) is 0.0909. The fourth-order valence-electron chi connectivity index (χ4n) is 2.80. The Morgan fingerprint density at radius 3 is 2.72 bits per heavy atom. The zero-order chi connectivity index (χ0) is 20.2. The van der Waals surface area contributed by atoms with Gasteiger partial charge in [0.15, 0.2) is 0 Å². The van der Waals surface area contributed by atoms with Gasteiger partial charge < -0.3 is 9.47 Å². The van der Waals surface area contributed by atoms with E-state index in [-0.39, 0.29) is 11.8 Å². The van der Waals surface area contributed by atoms with Gasteiger partial charge in [0, 0.05) is 23.1 Å². The number of hydrogen-bond acceptors (Lipinski definition) is 6. The molecule has 0 atom stereocenters. The molecule has 6 nitrogen and oxygen atoms in total. The third-order valence-electron chi connectivity index (χ3n) is 4.28. The minimum Gasteiger partial charge on any atom is -0.497 e. The monoisotopic (exact) mass is 405 g/mol. The maximum absolute atomic E-state index is 12.1. The van der Waals surface area contributed by atoms with Crippen LogP contribution in [0.5, 0.6) is 5.75 Å². The molecule has 4 aromatic rings. The summed E-state index contributed by atoms with van der Waals surface area (Å²) in [6, 6.07) is 14.9. The summed E-state index contributed by atoms with van der Waals surface area (Å²) in [5.74, 6) is 0.188. The van der Waals surface area contributed by atoms with Crippen LogP contribution < -0.4 is 4.74 Å². The van der Waals surface area contributed by atoms with Crippen LogP contribution in [0.25, 0.3) is 28.0 Å². The summed E-state index contributed by atoms with van der Waals surface area (Å²) in [7, 11) is 1.59. The van der Waals surface area contributed by atoms with Crippen LogP contribution in [-0.4, -0.2) is 28.0 Å². The zero-order valence-electron chi connectivity index (χ0n) is 15.5.